The second kappa shape index (κ2) is 6.64. The first-order valence-corrected chi connectivity index (χ1v) is 7.76. The first kappa shape index (κ1) is 14.0. The molecule has 2 nitrogen and oxygen atoms in total. The zero-order chi connectivity index (χ0) is 13.0. The van der Waals surface area contributed by atoms with E-state index in [-0.39, 0.29) is 0 Å². The SMILES string of the molecule is CC1CCCC(SCc2cccc(B(O)O)c2)C1. The van der Waals surface area contributed by atoms with Crippen LogP contribution in [-0.2, 0) is 5.75 Å². The normalized spacial score (nSPS) is 23.9. The summed E-state index contributed by atoms with van der Waals surface area (Å²) >= 11 is 2.01. The summed E-state index contributed by atoms with van der Waals surface area (Å²) in [4.78, 5) is 0. The lowest BCUT2D eigenvalue weighted by Crippen LogP contribution is -2.29. The minimum atomic E-state index is -1.36. The summed E-state index contributed by atoms with van der Waals surface area (Å²) in [6, 6.07) is 7.60. The van der Waals surface area contributed by atoms with E-state index < -0.39 is 7.12 Å². The molecule has 0 heterocycles. The summed E-state index contributed by atoms with van der Waals surface area (Å²) in [5, 5.41) is 19.1. The molecule has 1 aromatic rings. The first-order valence-electron chi connectivity index (χ1n) is 6.71. The van der Waals surface area contributed by atoms with Gasteiger partial charge in [0.2, 0.25) is 0 Å². The highest BCUT2D eigenvalue weighted by molar-refractivity contribution is 7.99. The van der Waals surface area contributed by atoms with Crippen LogP contribution in [0.4, 0.5) is 0 Å². The molecular weight excluding hydrogens is 243 g/mol. The van der Waals surface area contributed by atoms with Gasteiger partial charge in [0.1, 0.15) is 0 Å². The van der Waals surface area contributed by atoms with E-state index in [1.54, 1.807) is 6.07 Å². The molecule has 0 aromatic heterocycles. The molecule has 2 unspecified atom stereocenters. The summed E-state index contributed by atoms with van der Waals surface area (Å²) in [6.07, 6.45) is 5.39. The topological polar surface area (TPSA) is 40.5 Å². The Hall–Kier alpha value is -0.445. The fourth-order valence-corrected chi connectivity index (χ4v) is 3.99. The van der Waals surface area contributed by atoms with E-state index in [2.05, 4.69) is 13.0 Å². The molecule has 0 aliphatic heterocycles. The second-order valence-electron chi connectivity index (χ2n) is 5.32. The van der Waals surface area contributed by atoms with Gasteiger partial charge < -0.3 is 10.0 Å². The molecule has 1 aliphatic carbocycles. The minimum absolute atomic E-state index is 0.588. The summed E-state index contributed by atoms with van der Waals surface area (Å²) < 4.78 is 0. The van der Waals surface area contributed by atoms with Crippen LogP contribution in [-0.4, -0.2) is 22.4 Å². The van der Waals surface area contributed by atoms with Gasteiger partial charge in [-0.1, -0.05) is 44.0 Å². The molecule has 2 rings (SSSR count). The van der Waals surface area contributed by atoms with Gasteiger partial charge in [0.15, 0.2) is 0 Å². The van der Waals surface area contributed by atoms with Crippen LogP contribution in [0.3, 0.4) is 0 Å². The van der Waals surface area contributed by atoms with Gasteiger partial charge in [-0.15, -0.1) is 0 Å². The molecule has 4 heteroatoms. The van der Waals surface area contributed by atoms with E-state index in [1.165, 1.54) is 31.2 Å². The van der Waals surface area contributed by atoms with Crippen molar-refractivity contribution in [3.63, 3.8) is 0 Å². The van der Waals surface area contributed by atoms with Crippen molar-refractivity contribution in [2.45, 2.75) is 43.6 Å². The molecule has 2 N–H and O–H groups in total. The van der Waals surface area contributed by atoms with Gasteiger partial charge in [0, 0.05) is 11.0 Å². The number of hydrogen-bond donors (Lipinski definition) is 2. The highest BCUT2D eigenvalue weighted by Gasteiger charge is 2.19. The molecule has 98 valence electrons. The average Bonchev–Trinajstić information content (AvgIpc) is 2.37. The van der Waals surface area contributed by atoms with Crippen LogP contribution in [0.5, 0.6) is 0 Å². The Morgan fingerprint density at radius 2 is 2.17 bits per heavy atom. The van der Waals surface area contributed by atoms with Gasteiger partial charge in [-0.2, -0.15) is 11.8 Å². The monoisotopic (exact) mass is 264 g/mol. The molecule has 1 aliphatic rings. The molecule has 2 atom stereocenters. The fraction of sp³-hybridized carbons (Fsp3) is 0.571. The van der Waals surface area contributed by atoms with Gasteiger partial charge in [0.25, 0.3) is 0 Å². The van der Waals surface area contributed by atoms with Crippen molar-refractivity contribution < 1.29 is 10.0 Å². The molecule has 0 spiro atoms. The van der Waals surface area contributed by atoms with Crippen molar-refractivity contribution in [2.75, 3.05) is 0 Å². The minimum Gasteiger partial charge on any atom is -0.423 e. The van der Waals surface area contributed by atoms with E-state index >= 15 is 0 Å². The Kier molecular flexibility index (Phi) is 5.16. The number of thioether (sulfide) groups is 1. The molecule has 1 aromatic carbocycles. The highest BCUT2D eigenvalue weighted by atomic mass is 32.2. The summed E-state index contributed by atoms with van der Waals surface area (Å²) in [6.45, 7) is 2.34. The van der Waals surface area contributed by atoms with Crippen LogP contribution in [0.1, 0.15) is 38.2 Å². The zero-order valence-corrected chi connectivity index (χ0v) is 11.7. The van der Waals surface area contributed by atoms with Gasteiger partial charge in [-0.3, -0.25) is 0 Å². The molecule has 0 amide bonds. The second-order valence-corrected chi connectivity index (χ2v) is 6.61. The van der Waals surface area contributed by atoms with Crippen molar-refractivity contribution in [3.8, 4) is 0 Å². The molecule has 0 radical (unpaired) electrons. The van der Waals surface area contributed by atoms with Crippen LogP contribution in [0.15, 0.2) is 24.3 Å². The maximum absolute atomic E-state index is 9.15. The summed E-state index contributed by atoms with van der Waals surface area (Å²) in [5.41, 5.74) is 1.77. The van der Waals surface area contributed by atoms with E-state index in [9.17, 15) is 0 Å². The predicted molar refractivity (Wildman–Crippen MR) is 79.0 cm³/mol. The van der Waals surface area contributed by atoms with Crippen LogP contribution in [0.25, 0.3) is 0 Å². The Morgan fingerprint density at radius 1 is 1.33 bits per heavy atom. The lowest BCUT2D eigenvalue weighted by Gasteiger charge is -2.26. The third-order valence-corrected chi connectivity index (χ3v) is 5.02. The highest BCUT2D eigenvalue weighted by Crippen LogP contribution is 2.33. The van der Waals surface area contributed by atoms with Crippen molar-refractivity contribution >= 4 is 24.3 Å². The quantitative estimate of drug-likeness (QED) is 0.819. The van der Waals surface area contributed by atoms with Gasteiger partial charge in [-0.05, 0) is 29.8 Å². The predicted octanol–water partition coefficient (Wildman–Crippen LogP) is 2.18. The summed E-state index contributed by atoms with van der Waals surface area (Å²) in [7, 11) is -1.36. The Labute approximate surface area is 114 Å². The lowest BCUT2D eigenvalue weighted by molar-refractivity contribution is 0.394. The molecule has 18 heavy (non-hydrogen) atoms. The van der Waals surface area contributed by atoms with Crippen molar-refractivity contribution in [2.24, 2.45) is 5.92 Å². The van der Waals surface area contributed by atoms with Crippen molar-refractivity contribution in [1.29, 1.82) is 0 Å². The Balaban J connectivity index is 1.87. The Morgan fingerprint density at radius 3 is 2.89 bits per heavy atom. The lowest BCUT2D eigenvalue weighted by atomic mass is 9.80. The molecule has 1 saturated carbocycles. The number of hydrogen-bond acceptors (Lipinski definition) is 3. The van der Waals surface area contributed by atoms with E-state index in [4.69, 9.17) is 10.0 Å². The number of rotatable bonds is 4. The standard InChI is InChI=1S/C14H21BO2S/c1-11-4-2-7-14(8-11)18-10-12-5-3-6-13(9-12)15(16)17/h3,5-6,9,11,14,16-17H,2,4,7-8,10H2,1H3. The smallest absolute Gasteiger partial charge is 0.423 e. The third-order valence-electron chi connectivity index (χ3n) is 3.62. The third kappa shape index (κ3) is 4.04. The van der Waals surface area contributed by atoms with Crippen LogP contribution in [0.2, 0.25) is 0 Å². The van der Waals surface area contributed by atoms with Crippen molar-refractivity contribution in [1.82, 2.24) is 0 Å². The molecule has 0 saturated heterocycles. The molecule has 1 fully saturated rings. The van der Waals surface area contributed by atoms with Crippen LogP contribution >= 0.6 is 11.8 Å². The van der Waals surface area contributed by atoms with Crippen molar-refractivity contribution in [3.05, 3.63) is 29.8 Å². The first-order chi connectivity index (χ1) is 8.65. The van der Waals surface area contributed by atoms with E-state index in [0.717, 1.165) is 16.9 Å². The maximum atomic E-state index is 9.15. The molecule has 0 bridgehead atoms. The van der Waals surface area contributed by atoms with Gasteiger partial charge in [-0.25, -0.2) is 0 Å². The van der Waals surface area contributed by atoms with Gasteiger partial charge in [0.05, 0.1) is 0 Å². The molecular formula is C14H21BO2S. The fourth-order valence-electron chi connectivity index (χ4n) is 2.59. The summed E-state index contributed by atoms with van der Waals surface area (Å²) in [5.74, 6) is 1.83. The van der Waals surface area contributed by atoms with E-state index in [0.29, 0.717) is 5.46 Å². The largest absolute Gasteiger partial charge is 0.488 e. The van der Waals surface area contributed by atoms with E-state index in [1.807, 2.05) is 23.9 Å². The number of benzene rings is 1. The Bertz CT molecular complexity index is 384. The average molecular weight is 264 g/mol. The maximum Gasteiger partial charge on any atom is 0.488 e. The van der Waals surface area contributed by atoms with Crippen LogP contribution in [0, 0.1) is 5.92 Å². The zero-order valence-electron chi connectivity index (χ0n) is 10.9. The van der Waals surface area contributed by atoms with Crippen LogP contribution < -0.4 is 5.46 Å². The van der Waals surface area contributed by atoms with Gasteiger partial charge >= 0.3 is 7.12 Å².